The molecule has 56 heavy (non-hydrogen) atoms. The molecule has 4 aliphatic rings. The Morgan fingerprint density at radius 3 is 2.23 bits per heavy atom. The number of fused-ring (bicyclic) bond motifs is 1. The smallest absolute Gasteiger partial charge is 0.328 e. The molecule has 1 aromatic heterocycles. The minimum absolute atomic E-state index is 0.154. The molecule has 3 aromatic rings. The minimum Gasteiger partial charge on any atom is -0.481 e. The summed E-state index contributed by atoms with van der Waals surface area (Å²) in [6.45, 7) is 7.71. The first-order valence-corrected chi connectivity index (χ1v) is 20.6. The topological polar surface area (TPSA) is 110 Å². The lowest BCUT2D eigenvalue weighted by molar-refractivity contribution is -0.144. The van der Waals surface area contributed by atoms with Gasteiger partial charge in [0.25, 0.3) is 0 Å². The molecule has 3 heterocycles. The fourth-order valence-electron chi connectivity index (χ4n) is 10.1. The maximum atomic E-state index is 14.9. The number of hydrogen-bond acceptors (Lipinski definition) is 5. The van der Waals surface area contributed by atoms with E-state index in [1.165, 1.54) is 18.2 Å². The largest absolute Gasteiger partial charge is 0.481 e. The van der Waals surface area contributed by atoms with E-state index < -0.39 is 40.2 Å². The van der Waals surface area contributed by atoms with Gasteiger partial charge in [-0.25, -0.2) is 18.0 Å². The Morgan fingerprint density at radius 2 is 1.59 bits per heavy atom. The van der Waals surface area contributed by atoms with E-state index in [0.717, 1.165) is 86.9 Å². The molecule has 2 N–H and O–H groups in total. The summed E-state index contributed by atoms with van der Waals surface area (Å²) in [6, 6.07) is 7.58. The Bertz CT molecular complexity index is 1920. The van der Waals surface area contributed by atoms with Crippen LogP contribution in [0.4, 0.5) is 18.0 Å². The molecule has 12 heteroatoms. The summed E-state index contributed by atoms with van der Waals surface area (Å²) >= 11 is 0. The quantitative estimate of drug-likeness (QED) is 0.226. The Balaban J connectivity index is 1.11. The summed E-state index contributed by atoms with van der Waals surface area (Å²) in [5.41, 5.74) is 0.994. The Hall–Kier alpha value is -3.90. The average molecular weight is 780 g/mol. The number of piperidine rings is 1. The van der Waals surface area contributed by atoms with Gasteiger partial charge in [-0.1, -0.05) is 26.8 Å². The van der Waals surface area contributed by atoms with Crippen LogP contribution in [0.5, 0.6) is 0 Å². The van der Waals surface area contributed by atoms with Crippen molar-refractivity contribution in [2.24, 2.45) is 17.3 Å². The fraction of sp³-hybridized carbons (Fsp3) is 0.614. The number of rotatable bonds is 9. The molecule has 2 amide bonds. The van der Waals surface area contributed by atoms with Crippen molar-refractivity contribution in [3.8, 4) is 0 Å². The molecule has 2 saturated heterocycles. The van der Waals surface area contributed by atoms with E-state index in [-0.39, 0.29) is 56.1 Å². The summed E-state index contributed by atoms with van der Waals surface area (Å²) in [4.78, 5) is 42.5. The van der Waals surface area contributed by atoms with Crippen molar-refractivity contribution in [2.75, 3.05) is 26.3 Å². The third-order valence-electron chi connectivity index (χ3n) is 13.5. The third kappa shape index (κ3) is 8.10. The minimum atomic E-state index is -1.26. The zero-order chi connectivity index (χ0) is 39.8. The number of hydrogen-bond donors (Lipinski definition) is 2. The second-order valence-corrected chi connectivity index (χ2v) is 17.4. The summed E-state index contributed by atoms with van der Waals surface area (Å²) in [6.07, 6.45) is 9.32. The van der Waals surface area contributed by atoms with Crippen molar-refractivity contribution >= 4 is 28.8 Å². The predicted molar refractivity (Wildman–Crippen MR) is 206 cm³/mol. The van der Waals surface area contributed by atoms with E-state index in [0.29, 0.717) is 42.7 Å². The Kier molecular flexibility index (Phi) is 11.9. The zero-order valence-electron chi connectivity index (χ0n) is 32.9. The molecular weight excluding hydrogens is 723 g/mol. The third-order valence-corrected chi connectivity index (χ3v) is 13.5. The van der Waals surface area contributed by atoms with Crippen molar-refractivity contribution in [3.63, 3.8) is 0 Å². The molecule has 2 aliphatic carbocycles. The first-order valence-electron chi connectivity index (χ1n) is 20.6. The van der Waals surface area contributed by atoms with Gasteiger partial charge in [-0.05, 0) is 136 Å². The monoisotopic (exact) mass is 779 g/mol. The van der Waals surface area contributed by atoms with Crippen molar-refractivity contribution in [2.45, 2.75) is 128 Å². The summed E-state index contributed by atoms with van der Waals surface area (Å²) in [7, 11) is 0. The molecule has 2 atom stereocenters. The van der Waals surface area contributed by atoms with Crippen molar-refractivity contribution in [1.82, 2.24) is 14.8 Å². The highest BCUT2D eigenvalue weighted by Gasteiger charge is 2.48. The number of halogens is 3. The molecule has 304 valence electrons. The number of aliphatic carboxylic acids is 1. The first-order chi connectivity index (χ1) is 26.8. The van der Waals surface area contributed by atoms with Crippen molar-refractivity contribution < 1.29 is 42.1 Å². The van der Waals surface area contributed by atoms with Crippen LogP contribution in [0, 0.1) is 34.7 Å². The summed E-state index contributed by atoms with van der Waals surface area (Å²) in [5.74, 6) is -3.81. The molecule has 2 saturated carbocycles. The van der Waals surface area contributed by atoms with Crippen molar-refractivity contribution in [3.05, 3.63) is 70.7 Å². The van der Waals surface area contributed by atoms with Gasteiger partial charge in [-0.3, -0.25) is 14.2 Å². The number of carboxylic acids is 1. The van der Waals surface area contributed by atoms with Gasteiger partial charge in [0.15, 0.2) is 11.6 Å². The molecule has 0 unspecified atom stereocenters. The van der Waals surface area contributed by atoms with Crippen LogP contribution in [0.2, 0.25) is 0 Å². The van der Waals surface area contributed by atoms with Gasteiger partial charge in [-0.2, -0.15) is 0 Å². The van der Waals surface area contributed by atoms with E-state index in [2.05, 4.69) is 5.32 Å². The summed E-state index contributed by atoms with van der Waals surface area (Å²) < 4.78 is 57.5. The van der Waals surface area contributed by atoms with Crippen LogP contribution >= 0.6 is 0 Å². The molecular formula is C44H56F3N3O6. The molecule has 0 radical (unpaired) electrons. The number of nitrogens with zero attached hydrogens (tertiary/aromatic N) is 2. The number of amides is 2. The van der Waals surface area contributed by atoms with Gasteiger partial charge in [0, 0.05) is 43.4 Å². The van der Waals surface area contributed by atoms with Crippen LogP contribution in [0.15, 0.2) is 36.4 Å². The first kappa shape index (κ1) is 40.3. The van der Waals surface area contributed by atoms with Crippen LogP contribution < -0.4 is 5.32 Å². The van der Waals surface area contributed by atoms with Crippen LogP contribution in [0.3, 0.4) is 0 Å². The Labute approximate surface area is 327 Å². The average Bonchev–Trinajstić information content (AvgIpc) is 3.49. The second-order valence-electron chi connectivity index (χ2n) is 17.4. The van der Waals surface area contributed by atoms with Gasteiger partial charge < -0.3 is 24.8 Å². The number of ether oxygens (including phenoxy) is 2. The van der Waals surface area contributed by atoms with Crippen LogP contribution in [-0.2, 0) is 37.3 Å². The number of benzene rings is 2. The van der Waals surface area contributed by atoms with E-state index in [9.17, 15) is 32.7 Å². The number of carbonyl (C=O) groups excluding carboxylic acids is 2. The molecule has 0 bridgehead atoms. The van der Waals surface area contributed by atoms with Crippen LogP contribution in [-0.4, -0.2) is 77.0 Å². The predicted octanol–water partition coefficient (Wildman–Crippen LogP) is 8.32. The number of carbonyl (C=O) groups is 3. The van der Waals surface area contributed by atoms with Gasteiger partial charge in [-0.15, -0.1) is 0 Å². The van der Waals surface area contributed by atoms with Gasteiger partial charge in [0.2, 0.25) is 5.91 Å². The lowest BCUT2D eigenvalue weighted by atomic mass is 9.67. The second kappa shape index (κ2) is 16.5. The van der Waals surface area contributed by atoms with Crippen LogP contribution in [0.25, 0.3) is 10.9 Å². The molecule has 2 aromatic carbocycles. The van der Waals surface area contributed by atoms with Crippen molar-refractivity contribution in [1.29, 1.82) is 0 Å². The molecule has 9 nitrogen and oxygen atoms in total. The fourth-order valence-corrected chi connectivity index (χ4v) is 10.1. The van der Waals surface area contributed by atoms with E-state index >= 15 is 0 Å². The molecule has 2 aliphatic heterocycles. The van der Waals surface area contributed by atoms with Gasteiger partial charge in [0.1, 0.15) is 5.82 Å². The maximum Gasteiger partial charge on any atom is 0.328 e. The number of likely N-dealkylation sites (tertiary alicyclic amines) is 1. The maximum absolute atomic E-state index is 14.9. The van der Waals surface area contributed by atoms with Gasteiger partial charge >= 0.3 is 12.0 Å². The normalized spacial score (nSPS) is 25.6. The SMILES string of the molecule is CCc1c(CC2CCC(OC3CCOCC3)CC2)c2ccc(F)cc2n1C(=O)N1CCC(C(=O)N[C@H]2CC[C@H](C(=O)O)CC2(C)C)(c2ccc(F)c(F)c2)CC1. The molecule has 4 fully saturated rings. The Morgan fingerprint density at radius 1 is 0.893 bits per heavy atom. The highest BCUT2D eigenvalue weighted by molar-refractivity contribution is 5.96. The number of aromatic nitrogens is 1. The lowest BCUT2D eigenvalue weighted by Gasteiger charge is -2.45. The van der Waals surface area contributed by atoms with Gasteiger partial charge in [0.05, 0.1) is 29.1 Å². The lowest BCUT2D eigenvalue weighted by Crippen LogP contribution is -2.58. The van der Waals surface area contributed by atoms with E-state index in [1.54, 1.807) is 15.5 Å². The van der Waals surface area contributed by atoms with E-state index in [4.69, 9.17) is 9.47 Å². The molecule has 7 rings (SSSR count). The summed E-state index contributed by atoms with van der Waals surface area (Å²) in [5, 5.41) is 13.7. The molecule has 0 spiro atoms. The van der Waals surface area contributed by atoms with Crippen LogP contribution in [0.1, 0.15) is 108 Å². The number of carboxylic acid groups (broad SMARTS) is 1. The standard InChI is InChI=1S/C44H56F3N3O6/c1-4-37-34(23-27-5-10-31(11-6-27)56-32-15-21-55-22-16-32)33-12-9-30(45)25-38(33)50(37)42(54)49-19-17-44(18-20-49,29-8-13-35(46)36(47)24-29)41(53)48-39-14-7-28(40(51)52)26-43(39,2)3/h8-9,12-13,24-25,27-28,31-32,39H,4-7,10-11,14-23,26H2,1-3H3,(H,48,53)(H,51,52)/t27?,28-,31?,39-/m0/s1. The highest BCUT2D eigenvalue weighted by Crippen LogP contribution is 2.43. The van der Waals surface area contributed by atoms with E-state index in [1.807, 2.05) is 20.8 Å². The zero-order valence-corrected chi connectivity index (χ0v) is 32.9. The highest BCUT2D eigenvalue weighted by atomic mass is 19.2. The number of nitrogens with one attached hydrogen (secondary N) is 1.